The van der Waals surface area contributed by atoms with E-state index in [-0.39, 0.29) is 22.4 Å². The van der Waals surface area contributed by atoms with Crippen molar-refractivity contribution in [2.24, 2.45) is 5.92 Å². The lowest BCUT2D eigenvalue weighted by atomic mass is 9.89. The van der Waals surface area contributed by atoms with Crippen LogP contribution >= 0.6 is 11.6 Å². The number of carbonyl (C=O) groups is 2. The molecule has 1 aromatic rings. The maximum absolute atomic E-state index is 12.3. The zero-order valence-corrected chi connectivity index (χ0v) is 14.5. The fraction of sp³-hybridized carbons (Fsp3) is 0.500. The van der Waals surface area contributed by atoms with Crippen molar-refractivity contribution in [1.82, 2.24) is 10.4 Å². The number of halogens is 1. The van der Waals surface area contributed by atoms with Crippen molar-refractivity contribution in [3.8, 4) is 11.5 Å². The molecule has 130 valence electrons. The molecule has 0 aromatic heterocycles. The highest BCUT2D eigenvalue weighted by Gasteiger charge is 2.58. The van der Waals surface area contributed by atoms with Gasteiger partial charge in [-0.05, 0) is 38.5 Å². The number of amides is 2. The highest BCUT2D eigenvalue weighted by molar-refractivity contribution is 6.32. The first-order valence-corrected chi connectivity index (χ1v) is 7.90. The summed E-state index contributed by atoms with van der Waals surface area (Å²) >= 11 is 6.09. The quantitative estimate of drug-likeness (QED) is 0.787. The average Bonchev–Trinajstić information content (AvgIpc) is 3.01. The minimum atomic E-state index is -0.875. The number of fused-ring (bicyclic) bond motifs is 1. The number of nitrogens with zero attached hydrogens (tertiary/aromatic N) is 1. The van der Waals surface area contributed by atoms with Gasteiger partial charge in [0.05, 0.1) is 24.1 Å². The summed E-state index contributed by atoms with van der Waals surface area (Å²) < 4.78 is 5.14. The highest BCUT2D eigenvalue weighted by atomic mass is 35.5. The Kier molecular flexibility index (Phi) is 3.98. The van der Waals surface area contributed by atoms with Crippen LogP contribution in [0.25, 0.3) is 0 Å². The molecule has 0 bridgehead atoms. The summed E-state index contributed by atoms with van der Waals surface area (Å²) in [6.07, 6.45) is -0.875. The van der Waals surface area contributed by atoms with E-state index in [0.717, 1.165) is 0 Å². The summed E-state index contributed by atoms with van der Waals surface area (Å²) in [6, 6.07) is 2.63. The first kappa shape index (κ1) is 17.0. The van der Waals surface area contributed by atoms with Crippen LogP contribution < -0.4 is 10.1 Å². The first-order valence-electron chi connectivity index (χ1n) is 7.52. The number of hydroxylamine groups is 2. The van der Waals surface area contributed by atoms with Crippen LogP contribution in [0.5, 0.6) is 11.5 Å². The normalized spacial score (nSPS) is 27.3. The molecule has 1 aromatic carbocycles. The summed E-state index contributed by atoms with van der Waals surface area (Å²) in [7, 11) is 1.41. The molecule has 0 spiro atoms. The molecule has 24 heavy (non-hydrogen) atoms. The molecule has 2 amide bonds. The Balaban J connectivity index is 2.13. The van der Waals surface area contributed by atoms with E-state index in [2.05, 4.69) is 5.32 Å². The van der Waals surface area contributed by atoms with Crippen molar-refractivity contribution < 1.29 is 24.3 Å². The molecule has 8 heteroatoms. The number of imide groups is 1. The molecule has 3 unspecified atom stereocenters. The molecule has 0 saturated carbocycles. The van der Waals surface area contributed by atoms with Gasteiger partial charge in [-0.25, -0.2) is 0 Å². The summed E-state index contributed by atoms with van der Waals surface area (Å²) in [5.41, 5.74) is 0.162. The van der Waals surface area contributed by atoms with Gasteiger partial charge >= 0.3 is 0 Å². The third-order valence-corrected chi connectivity index (χ3v) is 4.52. The van der Waals surface area contributed by atoms with Gasteiger partial charge in [-0.3, -0.25) is 19.7 Å². The number of hydrogen-bond donors (Lipinski definition) is 2. The maximum Gasteiger partial charge on any atom is 0.258 e. The summed E-state index contributed by atoms with van der Waals surface area (Å²) in [5, 5.41) is 14.0. The Morgan fingerprint density at radius 3 is 2.54 bits per heavy atom. The van der Waals surface area contributed by atoms with Gasteiger partial charge in [-0.1, -0.05) is 11.6 Å². The topological polar surface area (TPSA) is 88.1 Å². The number of rotatable bonds is 2. The van der Waals surface area contributed by atoms with Gasteiger partial charge in [0.1, 0.15) is 0 Å². The van der Waals surface area contributed by atoms with Crippen LogP contribution in [0.2, 0.25) is 5.02 Å². The monoisotopic (exact) mass is 354 g/mol. The number of aromatic hydroxyl groups is 1. The minimum Gasteiger partial charge on any atom is -0.503 e. The Hall–Kier alpha value is -1.83. The lowest BCUT2D eigenvalue weighted by Crippen LogP contribution is -2.43. The van der Waals surface area contributed by atoms with Gasteiger partial charge < -0.3 is 9.84 Å². The van der Waals surface area contributed by atoms with Gasteiger partial charge in [0, 0.05) is 5.54 Å². The van der Waals surface area contributed by atoms with E-state index in [1.807, 2.05) is 20.8 Å². The number of phenols is 1. The summed E-state index contributed by atoms with van der Waals surface area (Å²) in [6.45, 7) is 5.76. The van der Waals surface area contributed by atoms with Crippen LogP contribution in [0.1, 0.15) is 32.4 Å². The van der Waals surface area contributed by atoms with Crippen molar-refractivity contribution in [2.75, 3.05) is 7.11 Å². The fourth-order valence-electron chi connectivity index (χ4n) is 3.17. The van der Waals surface area contributed by atoms with Gasteiger partial charge in [-0.15, -0.1) is 0 Å². The number of nitrogens with one attached hydrogen (secondary N) is 1. The van der Waals surface area contributed by atoms with E-state index in [4.69, 9.17) is 21.2 Å². The standard InChI is InChI=1S/C16H19ClN2O5/c1-16(2,3)19-11(10-13(24-19)15(22)18-14(10)21)7-5-8(17)12(20)9(6-7)23-4/h5-6,10-11,13,20H,1-4H3,(H,18,21,22). The third-order valence-electron chi connectivity index (χ3n) is 4.23. The third kappa shape index (κ3) is 2.53. The van der Waals surface area contributed by atoms with E-state index in [1.54, 1.807) is 17.2 Å². The van der Waals surface area contributed by atoms with Gasteiger partial charge in [0.2, 0.25) is 5.91 Å². The van der Waals surface area contributed by atoms with E-state index < -0.39 is 29.5 Å². The Labute approximate surface area is 144 Å². The molecular formula is C16H19ClN2O5. The minimum absolute atomic E-state index is 0.103. The zero-order chi connectivity index (χ0) is 17.8. The second-order valence-corrected chi connectivity index (χ2v) is 7.31. The van der Waals surface area contributed by atoms with Crippen molar-refractivity contribution in [2.45, 2.75) is 38.5 Å². The SMILES string of the molecule is COc1cc(C2C3C(=O)NC(=O)C3ON2C(C)(C)C)cc(Cl)c1O. The zero-order valence-electron chi connectivity index (χ0n) is 13.8. The van der Waals surface area contributed by atoms with Crippen LogP contribution in [0.4, 0.5) is 0 Å². The number of carbonyl (C=O) groups excluding carboxylic acids is 2. The lowest BCUT2D eigenvalue weighted by Gasteiger charge is -2.36. The molecule has 2 aliphatic heterocycles. The molecular weight excluding hydrogens is 336 g/mol. The summed E-state index contributed by atoms with van der Waals surface area (Å²) in [5.74, 6) is -1.50. The molecule has 0 radical (unpaired) electrons. The number of hydrogen-bond acceptors (Lipinski definition) is 6. The summed E-state index contributed by atoms with van der Waals surface area (Å²) in [4.78, 5) is 30.1. The smallest absolute Gasteiger partial charge is 0.258 e. The fourth-order valence-corrected chi connectivity index (χ4v) is 3.39. The van der Waals surface area contributed by atoms with Crippen molar-refractivity contribution >= 4 is 23.4 Å². The Bertz CT molecular complexity index is 715. The molecule has 2 saturated heterocycles. The number of methoxy groups -OCH3 is 1. The Morgan fingerprint density at radius 1 is 1.29 bits per heavy atom. The second kappa shape index (κ2) is 5.61. The molecule has 2 fully saturated rings. The molecule has 7 nitrogen and oxygen atoms in total. The second-order valence-electron chi connectivity index (χ2n) is 6.90. The van der Waals surface area contributed by atoms with E-state index in [1.165, 1.54) is 7.11 Å². The van der Waals surface area contributed by atoms with Crippen molar-refractivity contribution in [3.05, 3.63) is 22.7 Å². The van der Waals surface area contributed by atoms with E-state index >= 15 is 0 Å². The maximum atomic E-state index is 12.3. The first-order chi connectivity index (χ1) is 11.1. The van der Waals surface area contributed by atoms with Crippen LogP contribution in [0.15, 0.2) is 12.1 Å². The predicted octanol–water partition coefficient (Wildman–Crippen LogP) is 1.78. The highest BCUT2D eigenvalue weighted by Crippen LogP contribution is 2.48. The van der Waals surface area contributed by atoms with Crippen LogP contribution in [-0.4, -0.2) is 40.7 Å². The number of phenolic OH excluding ortho intramolecular Hbond substituents is 1. The van der Waals surface area contributed by atoms with Crippen molar-refractivity contribution in [3.63, 3.8) is 0 Å². The molecule has 2 heterocycles. The van der Waals surface area contributed by atoms with Crippen LogP contribution in [0, 0.1) is 5.92 Å². The molecule has 2 aliphatic rings. The number of benzene rings is 1. The van der Waals surface area contributed by atoms with E-state index in [0.29, 0.717) is 5.56 Å². The number of ether oxygens (including phenoxy) is 1. The predicted molar refractivity (Wildman–Crippen MR) is 85.5 cm³/mol. The molecule has 2 N–H and O–H groups in total. The molecule has 3 rings (SSSR count). The average molecular weight is 355 g/mol. The van der Waals surface area contributed by atoms with Gasteiger partial charge in [0.15, 0.2) is 17.6 Å². The van der Waals surface area contributed by atoms with Crippen molar-refractivity contribution in [1.29, 1.82) is 0 Å². The van der Waals surface area contributed by atoms with Gasteiger partial charge in [-0.2, -0.15) is 5.06 Å². The molecule has 3 atom stereocenters. The largest absolute Gasteiger partial charge is 0.503 e. The molecule has 0 aliphatic carbocycles. The van der Waals surface area contributed by atoms with Crippen LogP contribution in [0.3, 0.4) is 0 Å². The van der Waals surface area contributed by atoms with Crippen LogP contribution in [-0.2, 0) is 14.4 Å². The Morgan fingerprint density at radius 2 is 1.96 bits per heavy atom. The van der Waals surface area contributed by atoms with E-state index in [9.17, 15) is 14.7 Å². The van der Waals surface area contributed by atoms with Gasteiger partial charge in [0.25, 0.3) is 5.91 Å². The lowest BCUT2D eigenvalue weighted by molar-refractivity contribution is -0.212.